The molecule has 4 rings (SSSR count). The highest BCUT2D eigenvalue weighted by molar-refractivity contribution is 5.45. The lowest BCUT2D eigenvalue weighted by Gasteiger charge is -2.31. The molecular weight excluding hydrogens is 290 g/mol. The quantitative estimate of drug-likeness (QED) is 0.806. The third kappa shape index (κ3) is 2.90. The third-order valence-corrected chi connectivity index (χ3v) is 4.19. The van der Waals surface area contributed by atoms with E-state index >= 15 is 0 Å². The SMILES string of the molecule is Cc1cc(NC2CCOC(c3ccccc3)C2)n2ncnc2n1. The second-order valence-electron chi connectivity index (χ2n) is 5.89. The number of aryl methyl sites for hydroxylation is 1. The fraction of sp³-hybridized carbons (Fsp3) is 0.353. The van der Waals surface area contributed by atoms with Crippen molar-refractivity contribution in [3.63, 3.8) is 0 Å². The van der Waals surface area contributed by atoms with E-state index in [1.165, 1.54) is 11.9 Å². The van der Waals surface area contributed by atoms with E-state index in [2.05, 4.69) is 44.6 Å². The summed E-state index contributed by atoms with van der Waals surface area (Å²) in [6.07, 6.45) is 3.57. The summed E-state index contributed by atoms with van der Waals surface area (Å²) in [7, 11) is 0. The van der Waals surface area contributed by atoms with Gasteiger partial charge in [0, 0.05) is 24.4 Å². The summed E-state index contributed by atoms with van der Waals surface area (Å²) in [6, 6.07) is 12.7. The van der Waals surface area contributed by atoms with Crippen LogP contribution in [0, 0.1) is 6.92 Å². The fourth-order valence-corrected chi connectivity index (χ4v) is 3.07. The van der Waals surface area contributed by atoms with Gasteiger partial charge in [0.1, 0.15) is 12.1 Å². The van der Waals surface area contributed by atoms with Crippen molar-refractivity contribution in [2.75, 3.05) is 11.9 Å². The van der Waals surface area contributed by atoms with Crippen LogP contribution >= 0.6 is 0 Å². The van der Waals surface area contributed by atoms with E-state index in [4.69, 9.17) is 4.74 Å². The van der Waals surface area contributed by atoms with Crippen LogP contribution in [0.5, 0.6) is 0 Å². The summed E-state index contributed by atoms with van der Waals surface area (Å²) in [4.78, 5) is 8.55. The standard InChI is InChI=1S/C17H19N5O/c1-12-9-16(22-17(20-12)18-11-19-22)21-14-7-8-23-15(10-14)13-5-3-2-4-6-13/h2-6,9,11,14-15,21H,7-8,10H2,1H3. The zero-order valence-corrected chi connectivity index (χ0v) is 13.0. The smallest absolute Gasteiger partial charge is 0.254 e. The highest BCUT2D eigenvalue weighted by Gasteiger charge is 2.24. The van der Waals surface area contributed by atoms with E-state index in [0.717, 1.165) is 31.0 Å². The summed E-state index contributed by atoms with van der Waals surface area (Å²) in [5.41, 5.74) is 2.16. The van der Waals surface area contributed by atoms with Crippen LogP contribution in [0.2, 0.25) is 0 Å². The normalized spacial score (nSPS) is 21.4. The monoisotopic (exact) mass is 309 g/mol. The maximum absolute atomic E-state index is 5.94. The third-order valence-electron chi connectivity index (χ3n) is 4.19. The van der Waals surface area contributed by atoms with Crippen LogP contribution in [-0.4, -0.2) is 32.2 Å². The molecule has 1 aliphatic rings. The van der Waals surface area contributed by atoms with Crippen molar-refractivity contribution in [3.8, 4) is 0 Å². The van der Waals surface area contributed by atoms with Crippen LogP contribution < -0.4 is 5.32 Å². The summed E-state index contributed by atoms with van der Waals surface area (Å²) >= 11 is 0. The molecule has 118 valence electrons. The number of nitrogens with one attached hydrogen (secondary N) is 1. The summed E-state index contributed by atoms with van der Waals surface area (Å²) in [5, 5.41) is 7.84. The highest BCUT2D eigenvalue weighted by Crippen LogP contribution is 2.29. The van der Waals surface area contributed by atoms with Gasteiger partial charge < -0.3 is 10.1 Å². The van der Waals surface area contributed by atoms with Crippen molar-refractivity contribution in [2.45, 2.75) is 31.9 Å². The first-order valence-corrected chi connectivity index (χ1v) is 7.90. The molecule has 0 amide bonds. The Labute approximate surface area is 134 Å². The van der Waals surface area contributed by atoms with Gasteiger partial charge in [-0.25, -0.2) is 4.98 Å². The summed E-state index contributed by atoms with van der Waals surface area (Å²) < 4.78 is 7.69. The van der Waals surface area contributed by atoms with Crippen molar-refractivity contribution in [1.29, 1.82) is 0 Å². The Balaban J connectivity index is 1.55. The predicted molar refractivity (Wildman–Crippen MR) is 87.3 cm³/mol. The van der Waals surface area contributed by atoms with E-state index in [-0.39, 0.29) is 6.10 Å². The lowest BCUT2D eigenvalue weighted by atomic mass is 9.97. The van der Waals surface area contributed by atoms with Crippen LogP contribution in [0.3, 0.4) is 0 Å². The summed E-state index contributed by atoms with van der Waals surface area (Å²) in [5.74, 6) is 1.56. The minimum Gasteiger partial charge on any atom is -0.373 e. The number of aromatic nitrogens is 4. The first-order valence-electron chi connectivity index (χ1n) is 7.90. The molecule has 1 N–H and O–H groups in total. The zero-order valence-electron chi connectivity index (χ0n) is 13.0. The van der Waals surface area contributed by atoms with Crippen LogP contribution in [0.25, 0.3) is 5.78 Å². The number of hydrogen-bond acceptors (Lipinski definition) is 5. The molecule has 0 radical (unpaired) electrons. The van der Waals surface area contributed by atoms with E-state index < -0.39 is 0 Å². The Bertz CT molecular complexity index is 801. The number of anilines is 1. The van der Waals surface area contributed by atoms with E-state index in [1.807, 2.05) is 19.1 Å². The van der Waals surface area contributed by atoms with E-state index in [1.54, 1.807) is 4.52 Å². The molecule has 0 saturated carbocycles. The van der Waals surface area contributed by atoms with Crippen LogP contribution in [0.15, 0.2) is 42.7 Å². The molecule has 1 aliphatic heterocycles. The fourth-order valence-electron chi connectivity index (χ4n) is 3.07. The number of rotatable bonds is 3. The van der Waals surface area contributed by atoms with Gasteiger partial charge in [-0.2, -0.15) is 14.6 Å². The Morgan fingerprint density at radius 3 is 3.00 bits per heavy atom. The van der Waals surface area contributed by atoms with Gasteiger partial charge in [-0.1, -0.05) is 30.3 Å². The molecule has 1 aromatic carbocycles. The highest BCUT2D eigenvalue weighted by atomic mass is 16.5. The first-order chi connectivity index (χ1) is 11.3. The predicted octanol–water partition coefficient (Wildman–Crippen LogP) is 2.76. The molecule has 6 nitrogen and oxygen atoms in total. The number of ether oxygens (including phenoxy) is 1. The van der Waals surface area contributed by atoms with Gasteiger partial charge in [-0.05, 0) is 25.3 Å². The summed E-state index contributed by atoms with van der Waals surface area (Å²) in [6.45, 7) is 2.72. The van der Waals surface area contributed by atoms with Crippen molar-refractivity contribution in [3.05, 3.63) is 54.0 Å². The van der Waals surface area contributed by atoms with Gasteiger partial charge in [0.05, 0.1) is 6.10 Å². The van der Waals surface area contributed by atoms with E-state index in [0.29, 0.717) is 11.8 Å². The molecule has 3 aromatic rings. The van der Waals surface area contributed by atoms with Crippen LogP contribution in [0.1, 0.15) is 30.2 Å². The Morgan fingerprint density at radius 1 is 1.26 bits per heavy atom. The molecular formula is C17H19N5O. The average Bonchev–Trinajstić information content (AvgIpc) is 3.04. The van der Waals surface area contributed by atoms with Crippen molar-refractivity contribution >= 4 is 11.6 Å². The first kappa shape index (κ1) is 14.1. The number of fused-ring (bicyclic) bond motifs is 1. The molecule has 0 bridgehead atoms. The second kappa shape index (κ2) is 5.96. The van der Waals surface area contributed by atoms with Crippen LogP contribution in [0.4, 0.5) is 5.82 Å². The Morgan fingerprint density at radius 2 is 2.13 bits per heavy atom. The van der Waals surface area contributed by atoms with Gasteiger partial charge in [-0.3, -0.25) is 0 Å². The molecule has 1 saturated heterocycles. The maximum Gasteiger partial charge on any atom is 0.254 e. The van der Waals surface area contributed by atoms with Crippen molar-refractivity contribution < 1.29 is 4.74 Å². The topological polar surface area (TPSA) is 64.3 Å². The zero-order chi connectivity index (χ0) is 15.6. The second-order valence-corrected chi connectivity index (χ2v) is 5.89. The largest absolute Gasteiger partial charge is 0.373 e. The molecule has 6 heteroatoms. The van der Waals surface area contributed by atoms with Gasteiger partial charge in [-0.15, -0.1) is 0 Å². The Kier molecular flexibility index (Phi) is 3.67. The molecule has 2 unspecified atom stereocenters. The van der Waals surface area contributed by atoms with Gasteiger partial charge in [0.15, 0.2) is 0 Å². The number of hydrogen-bond donors (Lipinski definition) is 1. The van der Waals surface area contributed by atoms with Gasteiger partial charge in [0.2, 0.25) is 0 Å². The van der Waals surface area contributed by atoms with Gasteiger partial charge >= 0.3 is 0 Å². The molecule has 23 heavy (non-hydrogen) atoms. The minimum absolute atomic E-state index is 0.136. The molecule has 0 spiro atoms. The van der Waals surface area contributed by atoms with Crippen LogP contribution in [-0.2, 0) is 4.74 Å². The Hall–Kier alpha value is -2.47. The minimum atomic E-state index is 0.136. The molecule has 3 heterocycles. The number of nitrogens with zero attached hydrogens (tertiary/aromatic N) is 4. The maximum atomic E-state index is 5.94. The molecule has 2 aromatic heterocycles. The number of benzene rings is 1. The lowest BCUT2D eigenvalue weighted by molar-refractivity contribution is 0.00972. The lowest BCUT2D eigenvalue weighted by Crippen LogP contribution is -2.31. The molecule has 1 fully saturated rings. The average molecular weight is 309 g/mol. The van der Waals surface area contributed by atoms with E-state index in [9.17, 15) is 0 Å². The molecule has 0 aliphatic carbocycles. The van der Waals surface area contributed by atoms with Crippen molar-refractivity contribution in [1.82, 2.24) is 19.6 Å². The molecule has 2 atom stereocenters. The van der Waals surface area contributed by atoms with Crippen molar-refractivity contribution in [2.24, 2.45) is 0 Å². The van der Waals surface area contributed by atoms with Gasteiger partial charge in [0.25, 0.3) is 5.78 Å².